The zero-order valence-electron chi connectivity index (χ0n) is 10.8. The van der Waals surface area contributed by atoms with Gasteiger partial charge in [0.05, 0.1) is 0 Å². The molecule has 1 aromatic carbocycles. The number of fused-ring (bicyclic) bond motifs is 1. The molecule has 1 atom stereocenters. The number of halogens is 1. The summed E-state index contributed by atoms with van der Waals surface area (Å²) >= 11 is 0. The van der Waals surface area contributed by atoms with Crippen LogP contribution in [0, 0.1) is 5.82 Å². The lowest BCUT2D eigenvalue weighted by Gasteiger charge is -2.40. The summed E-state index contributed by atoms with van der Waals surface area (Å²) in [7, 11) is 0. The maximum Gasteiger partial charge on any atom is 0.125 e. The van der Waals surface area contributed by atoms with Crippen LogP contribution in [0.3, 0.4) is 0 Å². The van der Waals surface area contributed by atoms with Gasteiger partial charge in [0.2, 0.25) is 0 Å². The molecule has 1 heterocycles. The van der Waals surface area contributed by atoms with Crippen molar-refractivity contribution in [2.24, 2.45) is 0 Å². The molecule has 0 amide bonds. The maximum absolute atomic E-state index is 13.4. The molecule has 2 nitrogen and oxygen atoms in total. The number of nitrogens with one attached hydrogen (secondary N) is 1. The topological polar surface area (TPSA) is 21.3 Å². The van der Waals surface area contributed by atoms with Gasteiger partial charge in [0, 0.05) is 18.0 Å². The van der Waals surface area contributed by atoms with Crippen LogP contribution in [0.5, 0.6) is 5.75 Å². The molecule has 18 heavy (non-hydrogen) atoms. The Kier molecular flexibility index (Phi) is 3.02. The monoisotopic (exact) mass is 249 g/mol. The van der Waals surface area contributed by atoms with E-state index < -0.39 is 0 Å². The first-order chi connectivity index (χ1) is 8.72. The second-order valence-corrected chi connectivity index (χ2v) is 5.49. The van der Waals surface area contributed by atoms with Crippen molar-refractivity contribution in [1.29, 1.82) is 0 Å². The molecular weight excluding hydrogens is 229 g/mol. The third kappa shape index (κ3) is 2.01. The van der Waals surface area contributed by atoms with Gasteiger partial charge in [-0.25, -0.2) is 4.39 Å². The molecule has 0 radical (unpaired) electrons. The zero-order valence-corrected chi connectivity index (χ0v) is 10.8. The average molecular weight is 249 g/mol. The van der Waals surface area contributed by atoms with E-state index in [0.29, 0.717) is 0 Å². The van der Waals surface area contributed by atoms with Gasteiger partial charge in [-0.2, -0.15) is 0 Å². The van der Waals surface area contributed by atoms with Crippen molar-refractivity contribution < 1.29 is 9.13 Å². The summed E-state index contributed by atoms with van der Waals surface area (Å²) in [5.74, 6) is 0.693. The summed E-state index contributed by atoms with van der Waals surface area (Å²) < 4.78 is 19.6. The third-order valence-electron chi connectivity index (χ3n) is 4.22. The minimum absolute atomic E-state index is 0.00232. The predicted octanol–water partition coefficient (Wildman–Crippen LogP) is 3.57. The molecule has 1 aromatic rings. The van der Waals surface area contributed by atoms with Crippen LogP contribution in [-0.4, -0.2) is 12.1 Å². The van der Waals surface area contributed by atoms with Crippen molar-refractivity contribution in [2.45, 2.75) is 50.7 Å². The highest BCUT2D eigenvalue weighted by molar-refractivity contribution is 5.39. The quantitative estimate of drug-likeness (QED) is 0.865. The molecule has 1 N–H and O–H groups in total. The second-order valence-electron chi connectivity index (χ2n) is 5.49. The van der Waals surface area contributed by atoms with E-state index >= 15 is 0 Å². The molecule has 0 saturated heterocycles. The molecule has 2 aliphatic rings. The minimum atomic E-state index is -0.178. The Morgan fingerprint density at radius 3 is 2.89 bits per heavy atom. The minimum Gasteiger partial charge on any atom is -0.487 e. The van der Waals surface area contributed by atoms with Crippen molar-refractivity contribution in [1.82, 2.24) is 5.32 Å². The van der Waals surface area contributed by atoms with Crippen LogP contribution in [-0.2, 0) is 0 Å². The number of ether oxygens (including phenoxy) is 1. The Labute approximate surface area is 108 Å². The summed E-state index contributed by atoms with van der Waals surface area (Å²) in [6, 6.07) is 5.13. The summed E-state index contributed by atoms with van der Waals surface area (Å²) in [5.41, 5.74) is 0.979. The van der Waals surface area contributed by atoms with Crippen molar-refractivity contribution >= 4 is 0 Å². The Hall–Kier alpha value is -1.09. The number of benzene rings is 1. The summed E-state index contributed by atoms with van der Waals surface area (Å²) in [5, 5.41) is 3.47. The molecule has 3 rings (SSSR count). The van der Waals surface area contributed by atoms with Gasteiger partial charge in [0.25, 0.3) is 0 Å². The molecule has 0 aromatic heterocycles. The van der Waals surface area contributed by atoms with Crippen LogP contribution in [0.2, 0.25) is 0 Å². The van der Waals surface area contributed by atoms with Crippen LogP contribution >= 0.6 is 0 Å². The molecule has 3 heteroatoms. The molecule has 1 aliphatic heterocycles. The largest absolute Gasteiger partial charge is 0.487 e. The molecule has 1 fully saturated rings. The van der Waals surface area contributed by atoms with Crippen molar-refractivity contribution in [3.63, 3.8) is 0 Å². The highest BCUT2D eigenvalue weighted by Gasteiger charge is 2.42. The van der Waals surface area contributed by atoms with Crippen LogP contribution in [0.15, 0.2) is 18.2 Å². The van der Waals surface area contributed by atoms with Crippen LogP contribution in [0.4, 0.5) is 4.39 Å². The number of rotatable bonds is 2. The fraction of sp³-hybridized carbons (Fsp3) is 0.600. The first-order valence-corrected chi connectivity index (χ1v) is 6.94. The Bertz CT molecular complexity index is 440. The Balaban J connectivity index is 1.97. The first kappa shape index (κ1) is 12.0. The maximum atomic E-state index is 13.4. The summed E-state index contributed by atoms with van der Waals surface area (Å²) in [6.45, 7) is 2.99. The van der Waals surface area contributed by atoms with Gasteiger partial charge in [-0.05, 0) is 50.4 Å². The predicted molar refractivity (Wildman–Crippen MR) is 69.3 cm³/mol. The van der Waals surface area contributed by atoms with Gasteiger partial charge in [0.15, 0.2) is 0 Å². The zero-order chi connectivity index (χ0) is 12.6. The average Bonchev–Trinajstić information content (AvgIpc) is 2.79. The fourth-order valence-corrected chi connectivity index (χ4v) is 3.40. The normalized spacial score (nSPS) is 24.9. The van der Waals surface area contributed by atoms with Gasteiger partial charge >= 0.3 is 0 Å². The van der Waals surface area contributed by atoms with Crippen molar-refractivity contribution in [3.8, 4) is 5.75 Å². The molecule has 98 valence electrons. The number of hydrogen-bond donors (Lipinski definition) is 1. The summed E-state index contributed by atoms with van der Waals surface area (Å²) in [6.07, 6.45) is 5.72. The molecule has 1 saturated carbocycles. The van der Waals surface area contributed by atoms with E-state index in [-0.39, 0.29) is 17.5 Å². The lowest BCUT2D eigenvalue weighted by molar-refractivity contribution is 0.0368. The first-order valence-electron chi connectivity index (χ1n) is 6.94. The van der Waals surface area contributed by atoms with E-state index in [0.717, 1.165) is 37.1 Å². The van der Waals surface area contributed by atoms with Gasteiger partial charge < -0.3 is 10.1 Å². The van der Waals surface area contributed by atoms with E-state index in [2.05, 4.69) is 12.2 Å². The Morgan fingerprint density at radius 2 is 2.17 bits per heavy atom. The lowest BCUT2D eigenvalue weighted by Crippen LogP contribution is -2.42. The van der Waals surface area contributed by atoms with Crippen LogP contribution in [0.25, 0.3) is 0 Å². The lowest BCUT2D eigenvalue weighted by atomic mass is 9.86. The van der Waals surface area contributed by atoms with Crippen LogP contribution < -0.4 is 10.1 Å². The van der Waals surface area contributed by atoms with E-state index in [1.807, 2.05) is 0 Å². The third-order valence-corrected chi connectivity index (χ3v) is 4.22. The van der Waals surface area contributed by atoms with E-state index in [1.165, 1.54) is 18.9 Å². The second kappa shape index (κ2) is 4.54. The number of hydrogen-bond acceptors (Lipinski definition) is 2. The fourth-order valence-electron chi connectivity index (χ4n) is 3.40. The van der Waals surface area contributed by atoms with Gasteiger partial charge in [0.1, 0.15) is 17.2 Å². The van der Waals surface area contributed by atoms with Crippen molar-refractivity contribution in [2.75, 3.05) is 6.54 Å². The van der Waals surface area contributed by atoms with Gasteiger partial charge in [-0.3, -0.25) is 0 Å². The van der Waals surface area contributed by atoms with Crippen LogP contribution in [0.1, 0.15) is 50.6 Å². The summed E-state index contributed by atoms with van der Waals surface area (Å²) in [4.78, 5) is 0. The standard InChI is InChI=1S/C15H20FNO/c1-2-17-13-10-15(7-3-4-8-15)18-14-6-5-11(16)9-12(13)14/h5-6,9,13,17H,2-4,7-8,10H2,1H3. The molecule has 1 unspecified atom stereocenters. The smallest absolute Gasteiger partial charge is 0.125 e. The Morgan fingerprint density at radius 1 is 1.39 bits per heavy atom. The van der Waals surface area contributed by atoms with Crippen molar-refractivity contribution in [3.05, 3.63) is 29.6 Å². The molecule has 1 aliphatic carbocycles. The van der Waals surface area contributed by atoms with Gasteiger partial charge in [-0.15, -0.1) is 0 Å². The molecular formula is C15H20FNO. The van der Waals surface area contributed by atoms with E-state index in [9.17, 15) is 4.39 Å². The molecule has 0 bridgehead atoms. The highest BCUT2D eigenvalue weighted by Crippen LogP contribution is 2.47. The van der Waals surface area contributed by atoms with E-state index in [1.54, 1.807) is 12.1 Å². The van der Waals surface area contributed by atoms with Gasteiger partial charge in [-0.1, -0.05) is 6.92 Å². The highest BCUT2D eigenvalue weighted by atomic mass is 19.1. The molecule has 1 spiro atoms. The van der Waals surface area contributed by atoms with E-state index in [4.69, 9.17) is 4.74 Å². The SMILES string of the molecule is CCNC1CC2(CCCC2)Oc2ccc(F)cc21.